The van der Waals surface area contributed by atoms with Gasteiger partial charge >= 0.3 is 0 Å². The van der Waals surface area contributed by atoms with Crippen LogP contribution in [0.2, 0.25) is 5.02 Å². The lowest BCUT2D eigenvalue weighted by atomic mass is 10.1. The van der Waals surface area contributed by atoms with Crippen molar-refractivity contribution in [2.45, 2.75) is 19.9 Å². The largest absolute Gasteiger partial charge is 0.382 e. The predicted octanol–water partition coefficient (Wildman–Crippen LogP) is 3.26. The molecule has 1 aromatic carbocycles. The highest BCUT2D eigenvalue weighted by molar-refractivity contribution is 6.33. The van der Waals surface area contributed by atoms with E-state index in [9.17, 15) is 9.18 Å². The Hall–Kier alpha value is -2.14. The van der Waals surface area contributed by atoms with Crippen molar-refractivity contribution in [3.8, 4) is 0 Å². The van der Waals surface area contributed by atoms with Gasteiger partial charge in [0, 0.05) is 6.20 Å². The van der Waals surface area contributed by atoms with Crippen molar-refractivity contribution < 1.29 is 9.18 Å². The molecule has 21 heavy (non-hydrogen) atoms. The number of nitrogen functional groups attached to an aromatic ring is 1. The van der Waals surface area contributed by atoms with Gasteiger partial charge < -0.3 is 11.1 Å². The normalized spacial score (nSPS) is 12.0. The molecular weight excluding hydrogens is 293 g/mol. The Kier molecular flexibility index (Phi) is 4.43. The number of nitrogens with one attached hydrogen (secondary N) is 1. The number of hydrogen-bond acceptors (Lipinski definition) is 3. The third-order valence-electron chi connectivity index (χ3n) is 3.18. The van der Waals surface area contributed by atoms with Crippen molar-refractivity contribution in [3.05, 3.63) is 58.0 Å². The van der Waals surface area contributed by atoms with E-state index >= 15 is 0 Å². The van der Waals surface area contributed by atoms with Crippen LogP contribution in [-0.2, 0) is 0 Å². The van der Waals surface area contributed by atoms with Gasteiger partial charge in [-0.15, -0.1) is 0 Å². The number of benzene rings is 1. The second-order valence-corrected chi connectivity index (χ2v) is 5.20. The summed E-state index contributed by atoms with van der Waals surface area (Å²) in [5.41, 5.74) is 7.04. The van der Waals surface area contributed by atoms with Crippen LogP contribution in [0.3, 0.4) is 0 Å². The van der Waals surface area contributed by atoms with Gasteiger partial charge in [-0.1, -0.05) is 23.7 Å². The van der Waals surface area contributed by atoms with Crippen molar-refractivity contribution in [2.75, 3.05) is 5.73 Å². The second kappa shape index (κ2) is 6.10. The Morgan fingerprint density at radius 2 is 2.14 bits per heavy atom. The molecule has 1 amide bonds. The van der Waals surface area contributed by atoms with Gasteiger partial charge in [-0.3, -0.25) is 4.79 Å². The lowest BCUT2D eigenvalue weighted by Crippen LogP contribution is -2.27. The fraction of sp³-hybridized carbons (Fsp3) is 0.200. The summed E-state index contributed by atoms with van der Waals surface area (Å²) in [6.45, 7) is 3.46. The minimum absolute atomic E-state index is 0.168. The first-order valence-corrected chi connectivity index (χ1v) is 6.74. The molecule has 1 unspecified atom stereocenters. The molecule has 1 heterocycles. The lowest BCUT2D eigenvalue weighted by Gasteiger charge is -2.15. The monoisotopic (exact) mass is 307 g/mol. The number of aryl methyl sites for hydroxylation is 1. The van der Waals surface area contributed by atoms with Crippen LogP contribution in [-0.4, -0.2) is 10.9 Å². The summed E-state index contributed by atoms with van der Waals surface area (Å²) < 4.78 is 13.5. The van der Waals surface area contributed by atoms with Gasteiger partial charge in [0.15, 0.2) is 0 Å². The zero-order valence-corrected chi connectivity index (χ0v) is 12.4. The van der Waals surface area contributed by atoms with Crippen molar-refractivity contribution in [2.24, 2.45) is 0 Å². The fourth-order valence-corrected chi connectivity index (χ4v) is 1.98. The molecule has 0 saturated carbocycles. The van der Waals surface area contributed by atoms with Crippen LogP contribution < -0.4 is 11.1 Å². The molecule has 0 aliphatic rings. The molecule has 0 aliphatic heterocycles. The maximum Gasteiger partial charge on any atom is 0.253 e. The molecule has 6 heteroatoms. The molecular formula is C15H15ClFN3O. The molecule has 0 fully saturated rings. The SMILES string of the molecule is Cc1ccc(C(C)NC(=O)c2cnc(N)c(Cl)c2)cc1F. The number of halogens is 2. The van der Waals surface area contributed by atoms with E-state index in [-0.39, 0.29) is 28.6 Å². The van der Waals surface area contributed by atoms with E-state index in [0.717, 1.165) is 0 Å². The molecule has 0 aliphatic carbocycles. The quantitative estimate of drug-likeness (QED) is 0.914. The maximum atomic E-state index is 13.5. The number of carbonyl (C=O) groups excluding carboxylic acids is 1. The van der Waals surface area contributed by atoms with Crippen LogP contribution in [0.25, 0.3) is 0 Å². The van der Waals surface area contributed by atoms with Gasteiger partial charge in [0.1, 0.15) is 11.6 Å². The van der Waals surface area contributed by atoms with E-state index in [2.05, 4.69) is 10.3 Å². The number of nitrogens with two attached hydrogens (primary N) is 1. The van der Waals surface area contributed by atoms with Crippen LogP contribution >= 0.6 is 11.6 Å². The molecule has 0 spiro atoms. The van der Waals surface area contributed by atoms with Gasteiger partial charge in [0.25, 0.3) is 5.91 Å². The standard InChI is InChI=1S/C15H15ClFN3O/c1-8-3-4-10(6-13(8)17)9(2)20-15(21)11-5-12(16)14(18)19-7-11/h3-7,9H,1-2H3,(H2,18,19)(H,20,21). The van der Waals surface area contributed by atoms with Crippen molar-refractivity contribution in [1.82, 2.24) is 10.3 Å². The molecule has 0 bridgehead atoms. The van der Waals surface area contributed by atoms with Crippen LogP contribution in [0.5, 0.6) is 0 Å². The Bertz CT molecular complexity index is 691. The zero-order valence-electron chi connectivity index (χ0n) is 11.7. The van der Waals surface area contributed by atoms with Crippen molar-refractivity contribution >= 4 is 23.3 Å². The van der Waals surface area contributed by atoms with Gasteiger partial charge in [0.05, 0.1) is 16.6 Å². The highest BCUT2D eigenvalue weighted by atomic mass is 35.5. The summed E-state index contributed by atoms with van der Waals surface area (Å²) >= 11 is 5.83. The Balaban J connectivity index is 2.14. The number of rotatable bonds is 3. The van der Waals surface area contributed by atoms with E-state index < -0.39 is 0 Å². The lowest BCUT2D eigenvalue weighted by molar-refractivity contribution is 0.0939. The average molecular weight is 308 g/mol. The highest BCUT2D eigenvalue weighted by Crippen LogP contribution is 2.19. The van der Waals surface area contributed by atoms with E-state index in [1.807, 2.05) is 0 Å². The van der Waals surface area contributed by atoms with Crippen LogP contribution in [0.1, 0.15) is 34.5 Å². The third kappa shape index (κ3) is 3.49. The number of carbonyl (C=O) groups is 1. The molecule has 4 nitrogen and oxygen atoms in total. The predicted molar refractivity (Wildman–Crippen MR) is 80.7 cm³/mol. The van der Waals surface area contributed by atoms with Gasteiger partial charge in [0.2, 0.25) is 0 Å². The summed E-state index contributed by atoms with van der Waals surface area (Å²) in [7, 11) is 0. The first-order valence-electron chi connectivity index (χ1n) is 6.36. The number of hydrogen-bond donors (Lipinski definition) is 2. The molecule has 3 N–H and O–H groups in total. The number of anilines is 1. The van der Waals surface area contributed by atoms with Crippen LogP contribution in [0, 0.1) is 12.7 Å². The fourth-order valence-electron chi connectivity index (χ4n) is 1.81. The van der Waals surface area contributed by atoms with E-state index in [1.54, 1.807) is 26.0 Å². The summed E-state index contributed by atoms with van der Waals surface area (Å²) in [6, 6.07) is 5.96. The minimum Gasteiger partial charge on any atom is -0.382 e. The molecule has 2 aromatic rings. The second-order valence-electron chi connectivity index (χ2n) is 4.79. The third-order valence-corrected chi connectivity index (χ3v) is 3.48. The van der Waals surface area contributed by atoms with E-state index in [0.29, 0.717) is 16.7 Å². The Labute approximate surface area is 127 Å². The average Bonchev–Trinajstić information content (AvgIpc) is 2.44. The highest BCUT2D eigenvalue weighted by Gasteiger charge is 2.14. The van der Waals surface area contributed by atoms with E-state index in [4.69, 9.17) is 17.3 Å². The molecule has 1 atom stereocenters. The van der Waals surface area contributed by atoms with Gasteiger partial charge in [-0.25, -0.2) is 9.37 Å². The maximum absolute atomic E-state index is 13.5. The van der Waals surface area contributed by atoms with Crippen molar-refractivity contribution in [3.63, 3.8) is 0 Å². The molecule has 2 rings (SSSR count). The summed E-state index contributed by atoms with van der Waals surface area (Å²) in [5, 5.41) is 2.98. The van der Waals surface area contributed by atoms with Crippen molar-refractivity contribution in [1.29, 1.82) is 0 Å². The van der Waals surface area contributed by atoms with E-state index in [1.165, 1.54) is 18.3 Å². The molecule has 1 aromatic heterocycles. The Morgan fingerprint density at radius 1 is 1.43 bits per heavy atom. The smallest absolute Gasteiger partial charge is 0.253 e. The number of amides is 1. The minimum atomic E-state index is -0.349. The number of pyridine rings is 1. The molecule has 0 radical (unpaired) electrons. The van der Waals surface area contributed by atoms with Gasteiger partial charge in [-0.05, 0) is 37.1 Å². The summed E-state index contributed by atoms with van der Waals surface area (Å²) in [6.07, 6.45) is 1.35. The summed E-state index contributed by atoms with van der Waals surface area (Å²) in [5.74, 6) is -0.481. The van der Waals surface area contributed by atoms with Crippen LogP contribution in [0.15, 0.2) is 30.5 Å². The molecule has 0 saturated heterocycles. The number of nitrogens with zero attached hydrogens (tertiary/aromatic N) is 1. The topological polar surface area (TPSA) is 68.0 Å². The molecule has 110 valence electrons. The first-order chi connectivity index (χ1) is 9.88. The first kappa shape index (κ1) is 15.3. The Morgan fingerprint density at radius 3 is 2.76 bits per heavy atom. The van der Waals surface area contributed by atoms with Gasteiger partial charge in [-0.2, -0.15) is 0 Å². The zero-order chi connectivity index (χ0) is 15.6. The number of aromatic nitrogens is 1. The van der Waals surface area contributed by atoms with Crippen LogP contribution in [0.4, 0.5) is 10.2 Å². The summed E-state index contributed by atoms with van der Waals surface area (Å²) in [4.78, 5) is 15.9.